The molecule has 1 aliphatic carbocycles. The van der Waals surface area contributed by atoms with Crippen molar-refractivity contribution in [3.05, 3.63) is 47.5 Å². The molecule has 1 aliphatic rings. The van der Waals surface area contributed by atoms with Crippen LogP contribution < -0.4 is 4.90 Å². The maximum absolute atomic E-state index is 6.08. The van der Waals surface area contributed by atoms with E-state index in [9.17, 15) is 0 Å². The van der Waals surface area contributed by atoms with E-state index in [0.29, 0.717) is 0 Å². The summed E-state index contributed by atoms with van der Waals surface area (Å²) >= 11 is 6.08. The second-order valence-corrected chi connectivity index (χ2v) is 5.32. The zero-order chi connectivity index (χ0) is 12.4. The van der Waals surface area contributed by atoms with Crippen LogP contribution in [0.15, 0.2) is 36.8 Å². The summed E-state index contributed by atoms with van der Waals surface area (Å²) in [7, 11) is 0. The topological polar surface area (TPSA) is 31.9 Å². The molecule has 0 amide bonds. The van der Waals surface area contributed by atoms with Gasteiger partial charge in [-0.2, -0.15) is 0 Å². The molecule has 1 fully saturated rings. The molecular formula is C14H16ClN3. The second-order valence-electron chi connectivity index (χ2n) is 4.88. The zero-order valence-corrected chi connectivity index (χ0v) is 10.9. The van der Waals surface area contributed by atoms with Crippen LogP contribution in [0.1, 0.15) is 18.5 Å². The van der Waals surface area contributed by atoms with Crippen LogP contribution in [0.2, 0.25) is 5.02 Å². The summed E-state index contributed by atoms with van der Waals surface area (Å²) in [5.41, 5.74) is 2.32. The number of hydrogen-bond donors (Lipinski definition) is 1. The SMILES string of the molecule is Clc1cccc(N(Cc2cnc[nH]2)CC2CC2)c1. The quantitative estimate of drug-likeness (QED) is 0.894. The van der Waals surface area contributed by atoms with Crippen LogP contribution in [0.3, 0.4) is 0 Å². The normalized spacial score (nSPS) is 14.7. The van der Waals surface area contributed by atoms with E-state index >= 15 is 0 Å². The van der Waals surface area contributed by atoms with Gasteiger partial charge in [-0.1, -0.05) is 17.7 Å². The molecule has 1 aromatic carbocycles. The van der Waals surface area contributed by atoms with Gasteiger partial charge in [0.2, 0.25) is 0 Å². The number of H-pyrrole nitrogens is 1. The molecule has 1 N–H and O–H groups in total. The Balaban J connectivity index is 1.79. The van der Waals surface area contributed by atoms with Crippen molar-refractivity contribution in [2.24, 2.45) is 5.92 Å². The maximum atomic E-state index is 6.08. The highest BCUT2D eigenvalue weighted by molar-refractivity contribution is 6.30. The molecule has 2 aromatic rings. The van der Waals surface area contributed by atoms with Gasteiger partial charge >= 0.3 is 0 Å². The smallest absolute Gasteiger partial charge is 0.0922 e. The van der Waals surface area contributed by atoms with Crippen molar-refractivity contribution in [3.63, 3.8) is 0 Å². The molecule has 3 nitrogen and oxygen atoms in total. The molecule has 3 rings (SSSR count). The van der Waals surface area contributed by atoms with E-state index in [1.54, 1.807) is 6.33 Å². The third kappa shape index (κ3) is 2.85. The Morgan fingerprint density at radius 2 is 2.28 bits per heavy atom. The fourth-order valence-corrected chi connectivity index (χ4v) is 2.31. The van der Waals surface area contributed by atoms with Crippen molar-refractivity contribution in [2.75, 3.05) is 11.4 Å². The second kappa shape index (κ2) is 5.02. The van der Waals surface area contributed by atoms with E-state index in [1.807, 2.05) is 24.4 Å². The molecule has 0 atom stereocenters. The van der Waals surface area contributed by atoms with Gasteiger partial charge in [0, 0.05) is 23.5 Å². The maximum Gasteiger partial charge on any atom is 0.0922 e. The summed E-state index contributed by atoms with van der Waals surface area (Å²) in [6, 6.07) is 8.06. The predicted octanol–water partition coefficient (Wildman–Crippen LogP) is 3.48. The average molecular weight is 262 g/mol. The lowest BCUT2D eigenvalue weighted by Gasteiger charge is -2.24. The van der Waals surface area contributed by atoms with Crippen LogP contribution in [-0.2, 0) is 6.54 Å². The number of rotatable bonds is 5. The van der Waals surface area contributed by atoms with Crippen LogP contribution in [0.4, 0.5) is 5.69 Å². The van der Waals surface area contributed by atoms with E-state index in [2.05, 4.69) is 20.9 Å². The van der Waals surface area contributed by atoms with E-state index in [0.717, 1.165) is 29.7 Å². The molecule has 0 spiro atoms. The Morgan fingerprint density at radius 1 is 1.39 bits per heavy atom. The Morgan fingerprint density at radius 3 is 2.94 bits per heavy atom. The molecule has 1 saturated carbocycles. The van der Waals surface area contributed by atoms with Gasteiger partial charge in [0.25, 0.3) is 0 Å². The van der Waals surface area contributed by atoms with Crippen molar-refractivity contribution >= 4 is 17.3 Å². The summed E-state index contributed by atoms with van der Waals surface area (Å²) in [6.45, 7) is 1.95. The first-order valence-electron chi connectivity index (χ1n) is 6.29. The Bertz CT molecular complexity index is 506. The van der Waals surface area contributed by atoms with Gasteiger partial charge in [-0.3, -0.25) is 0 Å². The Labute approximate surface area is 112 Å². The Hall–Kier alpha value is -1.48. The van der Waals surface area contributed by atoms with Crippen LogP contribution in [0.5, 0.6) is 0 Å². The number of anilines is 1. The molecule has 1 aromatic heterocycles. The summed E-state index contributed by atoms with van der Waals surface area (Å²) < 4.78 is 0. The number of imidazole rings is 1. The van der Waals surface area contributed by atoms with E-state index in [4.69, 9.17) is 11.6 Å². The number of benzene rings is 1. The molecule has 94 valence electrons. The number of nitrogens with zero attached hydrogens (tertiary/aromatic N) is 2. The molecule has 0 aliphatic heterocycles. The van der Waals surface area contributed by atoms with Crippen LogP contribution in [0, 0.1) is 5.92 Å². The minimum absolute atomic E-state index is 0.790. The lowest BCUT2D eigenvalue weighted by Crippen LogP contribution is -2.25. The number of aromatic amines is 1. The zero-order valence-electron chi connectivity index (χ0n) is 10.1. The fraction of sp³-hybridized carbons (Fsp3) is 0.357. The van der Waals surface area contributed by atoms with E-state index < -0.39 is 0 Å². The van der Waals surface area contributed by atoms with E-state index in [1.165, 1.54) is 18.5 Å². The predicted molar refractivity (Wildman–Crippen MR) is 73.8 cm³/mol. The Kier molecular flexibility index (Phi) is 3.24. The summed E-state index contributed by atoms with van der Waals surface area (Å²) in [5.74, 6) is 0.840. The first-order chi connectivity index (χ1) is 8.81. The van der Waals surface area contributed by atoms with Gasteiger partial charge in [0.15, 0.2) is 0 Å². The average Bonchev–Trinajstić information content (AvgIpc) is 3.03. The van der Waals surface area contributed by atoms with Gasteiger partial charge in [-0.05, 0) is 37.0 Å². The van der Waals surface area contributed by atoms with Crippen LogP contribution in [0.25, 0.3) is 0 Å². The highest BCUT2D eigenvalue weighted by Crippen LogP contribution is 2.32. The first kappa shape index (κ1) is 11.6. The van der Waals surface area contributed by atoms with Crippen LogP contribution >= 0.6 is 11.6 Å². The largest absolute Gasteiger partial charge is 0.365 e. The lowest BCUT2D eigenvalue weighted by atomic mass is 10.2. The molecule has 0 radical (unpaired) electrons. The number of aromatic nitrogens is 2. The standard InChI is InChI=1S/C14H16ClN3/c15-12-2-1-3-14(6-12)18(8-11-4-5-11)9-13-7-16-10-17-13/h1-3,6-7,10-11H,4-5,8-9H2,(H,16,17). The number of nitrogens with one attached hydrogen (secondary N) is 1. The highest BCUT2D eigenvalue weighted by Gasteiger charge is 2.24. The minimum atomic E-state index is 0.790. The minimum Gasteiger partial charge on any atom is -0.365 e. The number of halogens is 1. The van der Waals surface area contributed by atoms with E-state index in [-0.39, 0.29) is 0 Å². The molecule has 1 heterocycles. The van der Waals surface area contributed by atoms with Gasteiger partial charge in [-0.15, -0.1) is 0 Å². The molecule has 0 bridgehead atoms. The van der Waals surface area contributed by atoms with Crippen molar-refractivity contribution < 1.29 is 0 Å². The van der Waals surface area contributed by atoms with Crippen molar-refractivity contribution in [1.82, 2.24) is 9.97 Å². The van der Waals surface area contributed by atoms with Crippen molar-refractivity contribution in [1.29, 1.82) is 0 Å². The molecule has 0 saturated heterocycles. The first-order valence-corrected chi connectivity index (χ1v) is 6.67. The van der Waals surface area contributed by atoms with Gasteiger partial charge in [-0.25, -0.2) is 4.98 Å². The fourth-order valence-electron chi connectivity index (χ4n) is 2.12. The van der Waals surface area contributed by atoms with Crippen LogP contribution in [-0.4, -0.2) is 16.5 Å². The summed E-state index contributed by atoms with van der Waals surface area (Å²) in [6.07, 6.45) is 6.30. The highest BCUT2D eigenvalue weighted by atomic mass is 35.5. The third-order valence-corrected chi connectivity index (χ3v) is 3.50. The lowest BCUT2D eigenvalue weighted by molar-refractivity contribution is 0.715. The number of hydrogen-bond acceptors (Lipinski definition) is 2. The molecule has 4 heteroatoms. The molecular weight excluding hydrogens is 246 g/mol. The molecule has 18 heavy (non-hydrogen) atoms. The third-order valence-electron chi connectivity index (χ3n) is 3.26. The van der Waals surface area contributed by atoms with Gasteiger partial charge in [0.1, 0.15) is 0 Å². The summed E-state index contributed by atoms with van der Waals surface area (Å²) in [4.78, 5) is 9.60. The van der Waals surface area contributed by atoms with Gasteiger partial charge in [0.05, 0.1) is 18.6 Å². The molecule has 0 unspecified atom stereocenters. The van der Waals surface area contributed by atoms with Gasteiger partial charge < -0.3 is 9.88 Å². The monoisotopic (exact) mass is 261 g/mol. The summed E-state index contributed by atoms with van der Waals surface area (Å²) in [5, 5.41) is 0.790. The van der Waals surface area contributed by atoms with Crippen molar-refractivity contribution in [3.8, 4) is 0 Å². The van der Waals surface area contributed by atoms with Crippen molar-refractivity contribution in [2.45, 2.75) is 19.4 Å².